The van der Waals surface area contributed by atoms with Crippen LogP contribution in [-0.2, 0) is 22.6 Å². The Hall–Kier alpha value is -2.37. The minimum Gasteiger partial charge on any atom is -0.491 e. The number of likely N-dealkylation sites (tertiary alicyclic amines) is 1. The maximum Gasteiger partial charge on any atom is 0.229 e. The Labute approximate surface area is 176 Å². The molecule has 1 saturated heterocycles. The molecule has 152 valence electrons. The van der Waals surface area contributed by atoms with Crippen LogP contribution in [0.1, 0.15) is 47.6 Å². The Morgan fingerprint density at radius 1 is 1.10 bits per heavy atom. The topological polar surface area (TPSA) is 58.6 Å². The van der Waals surface area contributed by atoms with Gasteiger partial charge in [0.15, 0.2) is 0 Å². The predicted molar refractivity (Wildman–Crippen MR) is 112 cm³/mol. The fraction of sp³-hybridized carbons (Fsp3) is 0.391. The first kappa shape index (κ1) is 19.9. The van der Waals surface area contributed by atoms with Crippen LogP contribution < -0.4 is 10.1 Å². The molecule has 2 aromatic rings. The van der Waals surface area contributed by atoms with Gasteiger partial charge in [0.2, 0.25) is 11.8 Å². The molecular weight excluding hydrogens is 388 g/mol. The lowest BCUT2D eigenvalue weighted by Crippen LogP contribution is -2.33. The number of aryl methyl sites for hydroxylation is 2. The van der Waals surface area contributed by atoms with Crippen molar-refractivity contribution in [2.24, 2.45) is 0 Å². The molecule has 0 spiro atoms. The molecule has 0 saturated carbocycles. The highest BCUT2D eigenvalue weighted by molar-refractivity contribution is 6.30. The lowest BCUT2D eigenvalue weighted by molar-refractivity contribution is -0.138. The first-order chi connectivity index (χ1) is 14.0. The quantitative estimate of drug-likeness (QED) is 0.699. The third-order valence-corrected chi connectivity index (χ3v) is 5.94. The minimum atomic E-state index is -0.104. The number of rotatable bonds is 7. The third-order valence-electron chi connectivity index (χ3n) is 5.70. The molecule has 2 amide bonds. The average Bonchev–Trinajstić information content (AvgIpc) is 3.24. The molecule has 0 unspecified atom stereocenters. The molecule has 0 radical (unpaired) electrons. The molecule has 2 aromatic carbocycles. The molecule has 5 nitrogen and oxygen atoms in total. The minimum absolute atomic E-state index is 0.104. The monoisotopic (exact) mass is 412 g/mol. The van der Waals surface area contributed by atoms with E-state index in [-0.39, 0.29) is 11.8 Å². The van der Waals surface area contributed by atoms with Gasteiger partial charge in [-0.1, -0.05) is 29.8 Å². The van der Waals surface area contributed by atoms with Gasteiger partial charge < -0.3 is 10.1 Å². The van der Waals surface area contributed by atoms with E-state index >= 15 is 0 Å². The third kappa shape index (κ3) is 4.46. The second-order valence-electron chi connectivity index (χ2n) is 7.70. The normalized spacial score (nSPS) is 18.4. The Bertz CT molecular complexity index is 928. The van der Waals surface area contributed by atoms with Gasteiger partial charge in [0.25, 0.3) is 0 Å². The van der Waals surface area contributed by atoms with Crippen molar-refractivity contribution in [1.29, 1.82) is 0 Å². The average molecular weight is 413 g/mol. The number of imide groups is 1. The predicted octanol–water partition coefficient (Wildman–Crippen LogP) is 3.95. The van der Waals surface area contributed by atoms with E-state index in [4.69, 9.17) is 16.3 Å². The molecule has 29 heavy (non-hydrogen) atoms. The molecule has 1 aliphatic heterocycles. The zero-order valence-corrected chi connectivity index (χ0v) is 17.3. The fourth-order valence-electron chi connectivity index (χ4n) is 4.14. The number of fused-ring (bicyclic) bond motifs is 1. The van der Waals surface area contributed by atoms with Gasteiger partial charge in [-0.15, -0.1) is 0 Å². The zero-order valence-electron chi connectivity index (χ0n) is 16.5. The van der Waals surface area contributed by atoms with Gasteiger partial charge in [-0.05, 0) is 60.2 Å². The van der Waals surface area contributed by atoms with E-state index < -0.39 is 0 Å². The summed E-state index contributed by atoms with van der Waals surface area (Å²) in [4.78, 5) is 24.6. The highest BCUT2D eigenvalue weighted by Crippen LogP contribution is 2.33. The highest BCUT2D eigenvalue weighted by Gasteiger charge is 2.28. The highest BCUT2D eigenvalue weighted by atomic mass is 35.5. The van der Waals surface area contributed by atoms with Gasteiger partial charge in [0.05, 0.1) is 6.54 Å². The van der Waals surface area contributed by atoms with Crippen molar-refractivity contribution in [3.8, 4) is 5.75 Å². The summed E-state index contributed by atoms with van der Waals surface area (Å²) in [6.45, 7) is 3.42. The van der Waals surface area contributed by atoms with Crippen LogP contribution in [0.3, 0.4) is 0 Å². The number of amides is 2. The Balaban J connectivity index is 1.30. The van der Waals surface area contributed by atoms with Crippen molar-refractivity contribution in [3.63, 3.8) is 0 Å². The molecule has 0 bridgehead atoms. The van der Waals surface area contributed by atoms with Gasteiger partial charge in [0, 0.05) is 30.5 Å². The molecule has 6 heteroatoms. The number of hydrogen-bond donors (Lipinski definition) is 1. The van der Waals surface area contributed by atoms with Crippen LogP contribution in [0.4, 0.5) is 0 Å². The summed E-state index contributed by atoms with van der Waals surface area (Å²) in [5, 5.41) is 4.44. The van der Waals surface area contributed by atoms with E-state index in [0.29, 0.717) is 32.0 Å². The number of carbonyl (C=O) groups excluding carboxylic acids is 2. The summed E-state index contributed by atoms with van der Waals surface area (Å²) in [6.07, 6.45) is 2.78. The van der Waals surface area contributed by atoms with Crippen molar-refractivity contribution in [2.45, 2.75) is 45.2 Å². The van der Waals surface area contributed by atoms with Gasteiger partial charge in [-0.3, -0.25) is 14.5 Å². The molecule has 2 aliphatic rings. The summed E-state index contributed by atoms with van der Waals surface area (Å²) in [5.74, 6) is 0.578. The maximum absolute atomic E-state index is 11.6. The molecule has 0 aromatic heterocycles. The zero-order chi connectivity index (χ0) is 20.4. The standard InChI is InChI=1S/C23H25ClN2O3/c1-15-12-16(14-25-20-6-3-17-13-18(24)4-5-19(17)20)2-7-21(15)29-11-10-26-22(27)8-9-23(26)28/h2,4-5,7,12-13,20,25H,3,6,8-11,14H2,1H3/t20-/m1/s1. The van der Waals surface area contributed by atoms with Crippen LogP contribution in [-0.4, -0.2) is 29.9 Å². The van der Waals surface area contributed by atoms with E-state index in [0.717, 1.165) is 35.7 Å². The van der Waals surface area contributed by atoms with Gasteiger partial charge in [0.1, 0.15) is 12.4 Å². The van der Waals surface area contributed by atoms with Crippen LogP contribution in [0, 0.1) is 6.92 Å². The summed E-state index contributed by atoms with van der Waals surface area (Å²) < 4.78 is 5.81. The van der Waals surface area contributed by atoms with Crippen molar-refractivity contribution < 1.29 is 14.3 Å². The molecule has 1 aliphatic carbocycles. The lowest BCUT2D eigenvalue weighted by Gasteiger charge is -2.17. The Kier molecular flexibility index (Phi) is 5.88. The van der Waals surface area contributed by atoms with E-state index in [1.54, 1.807) is 0 Å². The molecule has 4 rings (SSSR count). The lowest BCUT2D eigenvalue weighted by atomic mass is 10.1. The molecular formula is C23H25ClN2O3. The Morgan fingerprint density at radius 2 is 1.90 bits per heavy atom. The smallest absolute Gasteiger partial charge is 0.229 e. The SMILES string of the molecule is Cc1cc(CN[C@@H]2CCc3cc(Cl)ccc32)ccc1OCCN1C(=O)CCC1=O. The van der Waals surface area contributed by atoms with Crippen molar-refractivity contribution in [3.05, 3.63) is 63.7 Å². The molecule has 1 fully saturated rings. The van der Waals surface area contributed by atoms with Crippen LogP contribution in [0.25, 0.3) is 0 Å². The number of hydrogen-bond acceptors (Lipinski definition) is 4. The van der Waals surface area contributed by atoms with Crippen molar-refractivity contribution in [2.75, 3.05) is 13.2 Å². The number of nitrogens with zero attached hydrogens (tertiary/aromatic N) is 1. The van der Waals surface area contributed by atoms with Crippen LogP contribution in [0.15, 0.2) is 36.4 Å². The van der Waals surface area contributed by atoms with Crippen molar-refractivity contribution >= 4 is 23.4 Å². The van der Waals surface area contributed by atoms with Gasteiger partial charge in [-0.25, -0.2) is 0 Å². The van der Waals surface area contributed by atoms with Crippen LogP contribution >= 0.6 is 11.6 Å². The first-order valence-corrected chi connectivity index (χ1v) is 10.5. The second-order valence-corrected chi connectivity index (χ2v) is 8.14. The number of ether oxygens (including phenoxy) is 1. The summed E-state index contributed by atoms with van der Waals surface area (Å²) in [7, 11) is 0. The largest absolute Gasteiger partial charge is 0.491 e. The van der Waals surface area contributed by atoms with E-state index in [1.165, 1.54) is 21.6 Å². The van der Waals surface area contributed by atoms with Crippen LogP contribution in [0.2, 0.25) is 5.02 Å². The number of carbonyl (C=O) groups is 2. The number of halogens is 1. The molecule has 1 heterocycles. The number of benzene rings is 2. The van der Waals surface area contributed by atoms with E-state index in [9.17, 15) is 9.59 Å². The molecule has 1 atom stereocenters. The second kappa shape index (κ2) is 8.56. The number of nitrogens with one attached hydrogen (secondary N) is 1. The molecule has 1 N–H and O–H groups in total. The maximum atomic E-state index is 11.6. The van der Waals surface area contributed by atoms with Crippen molar-refractivity contribution in [1.82, 2.24) is 10.2 Å². The summed E-state index contributed by atoms with van der Waals surface area (Å²) in [6, 6.07) is 12.6. The van der Waals surface area contributed by atoms with Gasteiger partial charge >= 0.3 is 0 Å². The van der Waals surface area contributed by atoms with Gasteiger partial charge in [-0.2, -0.15) is 0 Å². The Morgan fingerprint density at radius 3 is 2.66 bits per heavy atom. The summed E-state index contributed by atoms with van der Waals surface area (Å²) >= 11 is 6.10. The van der Waals surface area contributed by atoms with E-state index in [1.807, 2.05) is 19.1 Å². The fourth-order valence-corrected chi connectivity index (χ4v) is 4.34. The van der Waals surface area contributed by atoms with Crippen LogP contribution in [0.5, 0.6) is 5.75 Å². The summed E-state index contributed by atoms with van der Waals surface area (Å²) in [5.41, 5.74) is 4.92. The first-order valence-electron chi connectivity index (χ1n) is 10.1. The van der Waals surface area contributed by atoms with E-state index in [2.05, 4.69) is 29.6 Å².